The highest BCUT2D eigenvalue weighted by Crippen LogP contribution is 2.38. The van der Waals surface area contributed by atoms with Crippen LogP contribution in [0.2, 0.25) is 0 Å². The fourth-order valence-electron chi connectivity index (χ4n) is 1.60. The van der Waals surface area contributed by atoms with E-state index in [1.807, 2.05) is 0 Å². The summed E-state index contributed by atoms with van der Waals surface area (Å²) in [6.45, 7) is 0. The Bertz CT molecular complexity index is 593. The predicted octanol–water partition coefficient (Wildman–Crippen LogP) is 5.38. The average Bonchev–Trinajstić information content (AvgIpc) is 2.40. The first-order chi connectivity index (χ1) is 9.40. The Morgan fingerprint density at radius 3 is 2.20 bits per heavy atom. The first kappa shape index (κ1) is 14.7. The van der Waals surface area contributed by atoms with E-state index in [4.69, 9.17) is 16.3 Å². The molecule has 2 rings (SSSR count). The lowest BCUT2D eigenvalue weighted by Gasteiger charge is -2.14. The predicted molar refractivity (Wildman–Crippen MR) is 67.5 cm³/mol. The minimum Gasteiger partial charge on any atom is -0.457 e. The lowest BCUT2D eigenvalue weighted by atomic mass is 10.1. The largest absolute Gasteiger partial charge is 0.457 e. The monoisotopic (exact) mass is 304 g/mol. The van der Waals surface area contributed by atoms with Gasteiger partial charge in [0.25, 0.3) is 0 Å². The molecule has 0 amide bonds. The van der Waals surface area contributed by atoms with Crippen molar-refractivity contribution >= 4 is 11.6 Å². The zero-order valence-electron chi connectivity index (χ0n) is 10.0. The Morgan fingerprint density at radius 1 is 1.00 bits per heavy atom. The van der Waals surface area contributed by atoms with Crippen LogP contribution in [-0.4, -0.2) is 0 Å². The Morgan fingerprint density at radius 2 is 1.65 bits per heavy atom. The molecule has 106 valence electrons. The van der Waals surface area contributed by atoms with E-state index in [0.29, 0.717) is 5.56 Å². The summed E-state index contributed by atoms with van der Waals surface area (Å²) >= 11 is 5.53. The highest BCUT2D eigenvalue weighted by atomic mass is 35.5. The molecule has 0 heterocycles. The van der Waals surface area contributed by atoms with Crippen LogP contribution in [0, 0.1) is 5.82 Å². The van der Waals surface area contributed by atoms with Gasteiger partial charge in [0, 0.05) is 5.88 Å². The quantitative estimate of drug-likeness (QED) is 0.547. The van der Waals surface area contributed by atoms with Gasteiger partial charge in [-0.3, -0.25) is 0 Å². The van der Waals surface area contributed by atoms with Crippen LogP contribution in [0.15, 0.2) is 42.5 Å². The van der Waals surface area contributed by atoms with Gasteiger partial charge in [-0.2, -0.15) is 13.2 Å². The van der Waals surface area contributed by atoms with Crippen LogP contribution in [0.3, 0.4) is 0 Å². The molecule has 2 aromatic carbocycles. The van der Waals surface area contributed by atoms with Crippen molar-refractivity contribution in [2.75, 3.05) is 0 Å². The van der Waals surface area contributed by atoms with Gasteiger partial charge in [-0.15, -0.1) is 11.6 Å². The summed E-state index contributed by atoms with van der Waals surface area (Å²) < 4.78 is 56.7. The van der Waals surface area contributed by atoms with Crippen LogP contribution in [-0.2, 0) is 12.1 Å². The number of rotatable bonds is 3. The minimum atomic E-state index is -4.56. The Hall–Kier alpha value is -1.75. The summed E-state index contributed by atoms with van der Waals surface area (Å²) in [5.41, 5.74) is -0.578. The lowest BCUT2D eigenvalue weighted by molar-refractivity contribution is -0.138. The second-order valence-corrected chi connectivity index (χ2v) is 4.29. The molecule has 0 fully saturated rings. The van der Waals surface area contributed by atoms with Gasteiger partial charge in [-0.1, -0.05) is 6.07 Å². The van der Waals surface area contributed by atoms with Gasteiger partial charge in [-0.05, 0) is 42.0 Å². The Balaban J connectivity index is 2.38. The van der Waals surface area contributed by atoms with E-state index in [-0.39, 0.29) is 17.4 Å². The van der Waals surface area contributed by atoms with Crippen LogP contribution in [0.1, 0.15) is 11.1 Å². The first-order valence-electron chi connectivity index (χ1n) is 5.59. The molecule has 0 radical (unpaired) electrons. The summed E-state index contributed by atoms with van der Waals surface area (Å²) in [4.78, 5) is 0. The molecule has 0 aliphatic carbocycles. The van der Waals surface area contributed by atoms with E-state index in [2.05, 4.69) is 0 Å². The molecule has 0 aromatic heterocycles. The number of benzene rings is 2. The molecular weight excluding hydrogens is 296 g/mol. The zero-order valence-corrected chi connectivity index (χ0v) is 10.8. The molecule has 0 saturated heterocycles. The second-order valence-electron chi connectivity index (χ2n) is 4.02. The normalized spacial score (nSPS) is 11.4. The Kier molecular flexibility index (Phi) is 4.18. The van der Waals surface area contributed by atoms with Crippen molar-refractivity contribution in [3.8, 4) is 11.5 Å². The van der Waals surface area contributed by atoms with Gasteiger partial charge in [0.1, 0.15) is 17.3 Å². The highest BCUT2D eigenvalue weighted by Gasteiger charge is 2.34. The van der Waals surface area contributed by atoms with Gasteiger partial charge >= 0.3 is 6.18 Å². The van der Waals surface area contributed by atoms with Gasteiger partial charge in [0.15, 0.2) is 0 Å². The minimum absolute atomic E-state index is 0.0279. The van der Waals surface area contributed by atoms with Gasteiger partial charge in [0.05, 0.1) is 5.56 Å². The molecule has 0 bridgehead atoms. The molecule has 0 N–H and O–H groups in total. The van der Waals surface area contributed by atoms with Crippen LogP contribution in [0.25, 0.3) is 0 Å². The van der Waals surface area contributed by atoms with Crippen LogP contribution in [0.5, 0.6) is 11.5 Å². The van der Waals surface area contributed by atoms with E-state index >= 15 is 0 Å². The number of halogens is 5. The van der Waals surface area contributed by atoms with Crippen LogP contribution in [0.4, 0.5) is 17.6 Å². The van der Waals surface area contributed by atoms with Crippen molar-refractivity contribution in [2.24, 2.45) is 0 Å². The molecule has 2 aromatic rings. The smallest absolute Gasteiger partial charge is 0.419 e. The summed E-state index contributed by atoms with van der Waals surface area (Å²) in [7, 11) is 0. The lowest BCUT2D eigenvalue weighted by Crippen LogP contribution is -2.07. The third kappa shape index (κ3) is 3.42. The Labute approximate surface area is 117 Å². The molecule has 20 heavy (non-hydrogen) atoms. The average molecular weight is 305 g/mol. The first-order valence-corrected chi connectivity index (χ1v) is 6.13. The van der Waals surface area contributed by atoms with E-state index in [1.54, 1.807) is 0 Å². The van der Waals surface area contributed by atoms with Crippen molar-refractivity contribution in [3.05, 3.63) is 59.4 Å². The van der Waals surface area contributed by atoms with Crippen LogP contribution >= 0.6 is 11.6 Å². The SMILES string of the molecule is Fc1ccc(Oc2ccc(CCl)cc2C(F)(F)F)cc1. The molecule has 0 aliphatic heterocycles. The molecule has 0 saturated carbocycles. The number of hydrogen-bond acceptors (Lipinski definition) is 1. The fourth-order valence-corrected chi connectivity index (χ4v) is 1.77. The summed E-state index contributed by atoms with van der Waals surface area (Å²) in [5.74, 6) is -0.751. The standard InChI is InChI=1S/C14H9ClF4O/c15-8-9-1-6-13(12(7-9)14(17,18)19)20-11-4-2-10(16)3-5-11/h1-7H,8H2. The van der Waals surface area contributed by atoms with Gasteiger partial charge in [0.2, 0.25) is 0 Å². The second kappa shape index (κ2) is 5.71. The van der Waals surface area contributed by atoms with Gasteiger partial charge in [-0.25, -0.2) is 4.39 Å². The zero-order chi connectivity index (χ0) is 14.8. The number of alkyl halides is 4. The maximum absolute atomic E-state index is 12.9. The van der Waals surface area contributed by atoms with E-state index in [0.717, 1.165) is 18.2 Å². The molecule has 0 aliphatic rings. The summed E-state index contributed by atoms with van der Waals surface area (Å²) in [6, 6.07) is 8.30. The molecular formula is C14H9ClF4O. The molecule has 0 atom stereocenters. The van der Waals surface area contributed by atoms with E-state index in [1.165, 1.54) is 24.3 Å². The topological polar surface area (TPSA) is 9.23 Å². The number of ether oxygens (including phenoxy) is 1. The van der Waals surface area contributed by atoms with Crippen molar-refractivity contribution in [3.63, 3.8) is 0 Å². The third-order valence-electron chi connectivity index (χ3n) is 2.55. The number of hydrogen-bond donors (Lipinski definition) is 0. The molecule has 0 unspecified atom stereocenters. The fraction of sp³-hybridized carbons (Fsp3) is 0.143. The van der Waals surface area contributed by atoms with Crippen molar-refractivity contribution in [1.82, 2.24) is 0 Å². The van der Waals surface area contributed by atoms with Crippen LogP contribution < -0.4 is 4.74 Å². The van der Waals surface area contributed by atoms with Crippen molar-refractivity contribution < 1.29 is 22.3 Å². The van der Waals surface area contributed by atoms with E-state index < -0.39 is 17.6 Å². The van der Waals surface area contributed by atoms with Crippen molar-refractivity contribution in [2.45, 2.75) is 12.1 Å². The summed E-state index contributed by atoms with van der Waals surface area (Å²) in [5, 5.41) is 0. The molecule has 1 nitrogen and oxygen atoms in total. The third-order valence-corrected chi connectivity index (χ3v) is 2.85. The molecule has 0 spiro atoms. The van der Waals surface area contributed by atoms with Crippen molar-refractivity contribution in [1.29, 1.82) is 0 Å². The maximum Gasteiger partial charge on any atom is 0.419 e. The molecule has 6 heteroatoms. The highest BCUT2D eigenvalue weighted by molar-refractivity contribution is 6.17. The maximum atomic E-state index is 12.9. The van der Waals surface area contributed by atoms with E-state index in [9.17, 15) is 17.6 Å². The van der Waals surface area contributed by atoms with Gasteiger partial charge < -0.3 is 4.74 Å². The summed E-state index contributed by atoms with van der Waals surface area (Å²) in [6.07, 6.45) is -4.56.